The Kier molecular flexibility index (Phi) is 4.58. The van der Waals surface area contributed by atoms with E-state index in [2.05, 4.69) is 11.9 Å². The fraction of sp³-hybridized carbons (Fsp3) is 0.700. The smallest absolute Gasteiger partial charge is 0.407 e. The summed E-state index contributed by atoms with van der Waals surface area (Å²) in [5.74, 6) is 0. The van der Waals surface area contributed by atoms with Crippen molar-refractivity contribution in [1.29, 1.82) is 0 Å². The van der Waals surface area contributed by atoms with Gasteiger partial charge in [-0.25, -0.2) is 4.79 Å². The quantitative estimate of drug-likeness (QED) is 0.668. The molecule has 0 radical (unpaired) electrons. The van der Waals surface area contributed by atoms with E-state index in [-0.39, 0.29) is 13.2 Å². The number of hydrogen-bond donors (Lipinski definition) is 2. The Balaban J connectivity index is 2.22. The van der Waals surface area contributed by atoms with Gasteiger partial charge >= 0.3 is 6.09 Å². The van der Waals surface area contributed by atoms with Crippen molar-refractivity contribution in [3.63, 3.8) is 0 Å². The Hall–Kier alpha value is -1.07. The molecule has 1 saturated heterocycles. The zero-order valence-electron chi connectivity index (χ0n) is 8.70. The molecule has 0 bridgehead atoms. The predicted molar refractivity (Wildman–Crippen MR) is 54.6 cm³/mol. The van der Waals surface area contributed by atoms with Crippen LogP contribution in [0.25, 0.3) is 0 Å². The molecule has 1 amide bonds. The normalized spacial score (nSPS) is 19.3. The number of alkyl carbamates (subject to hydrolysis) is 1. The monoisotopic (exact) mass is 215 g/mol. The number of amides is 1. The number of rotatable bonds is 4. The van der Waals surface area contributed by atoms with E-state index in [0.29, 0.717) is 26.1 Å². The summed E-state index contributed by atoms with van der Waals surface area (Å²) in [5.41, 5.74) is -0.856. The molecule has 0 aromatic rings. The van der Waals surface area contributed by atoms with Gasteiger partial charge in [-0.2, -0.15) is 0 Å². The summed E-state index contributed by atoms with van der Waals surface area (Å²) < 4.78 is 9.84. The second kappa shape index (κ2) is 5.72. The lowest BCUT2D eigenvalue weighted by atomic mass is 9.94. The molecule has 0 unspecified atom stereocenters. The van der Waals surface area contributed by atoms with Crippen LogP contribution in [-0.2, 0) is 9.47 Å². The fourth-order valence-corrected chi connectivity index (χ4v) is 1.35. The van der Waals surface area contributed by atoms with Crippen molar-refractivity contribution < 1.29 is 19.4 Å². The van der Waals surface area contributed by atoms with Crippen molar-refractivity contribution in [2.45, 2.75) is 18.4 Å². The molecule has 0 atom stereocenters. The van der Waals surface area contributed by atoms with Gasteiger partial charge in [0.15, 0.2) is 0 Å². The van der Waals surface area contributed by atoms with Gasteiger partial charge in [0.1, 0.15) is 6.61 Å². The molecule has 5 heteroatoms. The summed E-state index contributed by atoms with van der Waals surface area (Å²) in [6.45, 7) is 4.86. The van der Waals surface area contributed by atoms with Gasteiger partial charge < -0.3 is 19.9 Å². The highest BCUT2D eigenvalue weighted by atomic mass is 16.5. The average molecular weight is 215 g/mol. The minimum Gasteiger partial charge on any atom is -0.445 e. The molecule has 15 heavy (non-hydrogen) atoms. The van der Waals surface area contributed by atoms with Crippen LogP contribution in [-0.4, -0.2) is 43.2 Å². The summed E-state index contributed by atoms with van der Waals surface area (Å²) in [7, 11) is 0. The molecule has 2 N–H and O–H groups in total. The fourth-order valence-electron chi connectivity index (χ4n) is 1.35. The Labute approximate surface area is 89.1 Å². The van der Waals surface area contributed by atoms with Gasteiger partial charge in [-0.15, -0.1) is 0 Å². The predicted octanol–water partition coefficient (Wildman–Crippen LogP) is 0.440. The van der Waals surface area contributed by atoms with E-state index in [4.69, 9.17) is 9.47 Å². The molecule has 0 saturated carbocycles. The lowest BCUT2D eigenvalue weighted by Gasteiger charge is -2.31. The summed E-state index contributed by atoms with van der Waals surface area (Å²) in [4.78, 5) is 11.1. The number of carbonyl (C=O) groups is 1. The van der Waals surface area contributed by atoms with Gasteiger partial charge in [0.25, 0.3) is 0 Å². The van der Waals surface area contributed by atoms with E-state index in [1.807, 2.05) is 0 Å². The first-order valence-corrected chi connectivity index (χ1v) is 4.98. The standard InChI is InChI=1S/C10H17NO4/c1-2-5-15-9(12)11-8-10(13)3-6-14-7-4-10/h2,13H,1,3-8H2,(H,11,12). The van der Waals surface area contributed by atoms with Crippen molar-refractivity contribution in [3.8, 4) is 0 Å². The van der Waals surface area contributed by atoms with E-state index in [0.717, 1.165) is 0 Å². The lowest BCUT2D eigenvalue weighted by molar-refractivity contribution is -0.0610. The summed E-state index contributed by atoms with van der Waals surface area (Å²) in [6, 6.07) is 0. The molecule has 0 aromatic carbocycles. The van der Waals surface area contributed by atoms with Gasteiger partial charge in [-0.3, -0.25) is 0 Å². The van der Waals surface area contributed by atoms with Crippen LogP contribution >= 0.6 is 0 Å². The van der Waals surface area contributed by atoms with Gasteiger partial charge in [0.2, 0.25) is 0 Å². The molecule has 1 fully saturated rings. The summed E-state index contributed by atoms with van der Waals surface area (Å²) in [5, 5.41) is 12.5. The van der Waals surface area contributed by atoms with Crippen LogP contribution in [0.1, 0.15) is 12.8 Å². The number of carbonyl (C=O) groups excluding carboxylic acids is 1. The molecule has 0 spiro atoms. The SMILES string of the molecule is C=CCOC(=O)NCC1(O)CCOCC1. The Morgan fingerprint density at radius 3 is 2.87 bits per heavy atom. The molecule has 1 aliphatic heterocycles. The first-order chi connectivity index (χ1) is 7.16. The minimum atomic E-state index is -0.856. The second-order valence-electron chi connectivity index (χ2n) is 3.58. The van der Waals surface area contributed by atoms with Crippen LogP contribution in [0.3, 0.4) is 0 Å². The van der Waals surface area contributed by atoms with E-state index in [1.54, 1.807) is 0 Å². The maximum absolute atomic E-state index is 11.1. The largest absolute Gasteiger partial charge is 0.445 e. The van der Waals surface area contributed by atoms with E-state index in [1.165, 1.54) is 6.08 Å². The van der Waals surface area contributed by atoms with E-state index < -0.39 is 11.7 Å². The zero-order valence-corrected chi connectivity index (χ0v) is 8.70. The van der Waals surface area contributed by atoms with Crippen LogP contribution in [0.4, 0.5) is 4.79 Å². The highest BCUT2D eigenvalue weighted by Gasteiger charge is 2.30. The van der Waals surface area contributed by atoms with Crippen LogP contribution in [0.2, 0.25) is 0 Å². The summed E-state index contributed by atoms with van der Waals surface area (Å²) >= 11 is 0. The molecule has 0 aliphatic carbocycles. The maximum Gasteiger partial charge on any atom is 0.407 e. The molecule has 1 rings (SSSR count). The highest BCUT2D eigenvalue weighted by Crippen LogP contribution is 2.19. The van der Waals surface area contributed by atoms with Crippen molar-refractivity contribution in [2.75, 3.05) is 26.4 Å². The summed E-state index contributed by atoms with van der Waals surface area (Å²) in [6.07, 6.45) is 2.03. The van der Waals surface area contributed by atoms with Crippen molar-refractivity contribution >= 4 is 6.09 Å². The topological polar surface area (TPSA) is 67.8 Å². The van der Waals surface area contributed by atoms with Crippen LogP contribution in [0.15, 0.2) is 12.7 Å². The van der Waals surface area contributed by atoms with E-state index >= 15 is 0 Å². The van der Waals surface area contributed by atoms with Gasteiger partial charge in [0, 0.05) is 32.6 Å². The Morgan fingerprint density at radius 2 is 2.27 bits per heavy atom. The third-order valence-electron chi connectivity index (χ3n) is 2.32. The number of nitrogens with one attached hydrogen (secondary N) is 1. The van der Waals surface area contributed by atoms with Crippen LogP contribution < -0.4 is 5.32 Å². The number of hydrogen-bond acceptors (Lipinski definition) is 4. The Bertz CT molecular complexity index is 223. The molecule has 1 aliphatic rings. The second-order valence-corrected chi connectivity index (χ2v) is 3.58. The average Bonchev–Trinajstić information content (AvgIpc) is 2.25. The third-order valence-corrected chi connectivity index (χ3v) is 2.32. The number of ether oxygens (including phenoxy) is 2. The molecule has 0 aromatic heterocycles. The van der Waals surface area contributed by atoms with Gasteiger partial charge in [-0.05, 0) is 0 Å². The van der Waals surface area contributed by atoms with Crippen LogP contribution in [0, 0.1) is 0 Å². The molecular formula is C10H17NO4. The molecule has 5 nitrogen and oxygen atoms in total. The minimum absolute atomic E-state index is 0.174. The first-order valence-electron chi connectivity index (χ1n) is 4.98. The molecule has 1 heterocycles. The first kappa shape index (κ1) is 12.0. The van der Waals surface area contributed by atoms with Crippen molar-refractivity contribution in [3.05, 3.63) is 12.7 Å². The van der Waals surface area contributed by atoms with Gasteiger partial charge in [-0.1, -0.05) is 12.7 Å². The maximum atomic E-state index is 11.1. The highest BCUT2D eigenvalue weighted by molar-refractivity contribution is 5.67. The van der Waals surface area contributed by atoms with E-state index in [9.17, 15) is 9.90 Å². The van der Waals surface area contributed by atoms with Crippen LogP contribution in [0.5, 0.6) is 0 Å². The van der Waals surface area contributed by atoms with Crippen molar-refractivity contribution in [1.82, 2.24) is 5.32 Å². The number of aliphatic hydroxyl groups is 1. The zero-order chi connectivity index (χ0) is 11.1. The Morgan fingerprint density at radius 1 is 1.60 bits per heavy atom. The molecular weight excluding hydrogens is 198 g/mol. The lowest BCUT2D eigenvalue weighted by Crippen LogP contribution is -2.46. The third kappa shape index (κ3) is 4.31. The van der Waals surface area contributed by atoms with Gasteiger partial charge in [0.05, 0.1) is 5.60 Å². The molecule has 86 valence electrons. The van der Waals surface area contributed by atoms with Crippen molar-refractivity contribution in [2.24, 2.45) is 0 Å².